The van der Waals surface area contributed by atoms with Gasteiger partial charge < -0.3 is 10.6 Å². The summed E-state index contributed by atoms with van der Waals surface area (Å²) in [6, 6.07) is 7.17. The highest BCUT2D eigenvalue weighted by atomic mass is 16.1. The van der Waals surface area contributed by atoms with E-state index in [1.807, 2.05) is 25.1 Å². The van der Waals surface area contributed by atoms with Gasteiger partial charge in [-0.3, -0.25) is 9.78 Å². The maximum Gasteiger partial charge on any atom is 0.270 e. The summed E-state index contributed by atoms with van der Waals surface area (Å²) in [7, 11) is 1.81. The fourth-order valence-corrected chi connectivity index (χ4v) is 1.66. The van der Waals surface area contributed by atoms with Crippen LogP contribution in [0.3, 0.4) is 0 Å². The van der Waals surface area contributed by atoms with E-state index >= 15 is 0 Å². The lowest BCUT2D eigenvalue weighted by molar-refractivity contribution is 0.0935. The molecule has 1 atom stereocenters. The molecule has 0 radical (unpaired) electrons. The Labute approximate surface area is 112 Å². The summed E-state index contributed by atoms with van der Waals surface area (Å²) >= 11 is 0. The molecule has 2 aromatic heterocycles. The summed E-state index contributed by atoms with van der Waals surface area (Å²) in [5, 5.41) is 5.85. The number of hydrogen-bond donors (Lipinski definition) is 2. The standard InChI is InChI=1S/C14H16N4O/c1-10(11-4-3-7-16-8-11)18-14(19)13-6-5-12(15-2)9-17-13/h3-10,15H,1-2H3,(H,18,19). The van der Waals surface area contributed by atoms with Crippen LogP contribution in [0.2, 0.25) is 0 Å². The van der Waals surface area contributed by atoms with E-state index in [1.54, 1.807) is 31.7 Å². The summed E-state index contributed by atoms with van der Waals surface area (Å²) in [4.78, 5) is 20.2. The highest BCUT2D eigenvalue weighted by molar-refractivity contribution is 5.92. The molecule has 5 nitrogen and oxygen atoms in total. The molecular formula is C14H16N4O. The first kappa shape index (κ1) is 13.0. The molecule has 1 amide bonds. The van der Waals surface area contributed by atoms with E-state index in [9.17, 15) is 4.79 Å². The first-order chi connectivity index (χ1) is 9.20. The summed E-state index contributed by atoms with van der Waals surface area (Å²) in [6.07, 6.45) is 5.07. The van der Waals surface area contributed by atoms with Crippen molar-refractivity contribution in [3.05, 3.63) is 54.1 Å². The van der Waals surface area contributed by atoms with Gasteiger partial charge in [0.05, 0.1) is 17.9 Å². The third-order valence-corrected chi connectivity index (χ3v) is 2.82. The minimum atomic E-state index is -0.195. The molecule has 1 unspecified atom stereocenters. The summed E-state index contributed by atoms with van der Waals surface area (Å²) in [5.41, 5.74) is 2.23. The molecule has 2 rings (SSSR count). The largest absolute Gasteiger partial charge is 0.387 e. The highest BCUT2D eigenvalue weighted by Crippen LogP contribution is 2.11. The monoisotopic (exact) mass is 256 g/mol. The molecule has 0 aliphatic rings. The zero-order valence-corrected chi connectivity index (χ0v) is 10.9. The Hall–Kier alpha value is -2.43. The topological polar surface area (TPSA) is 66.9 Å². The van der Waals surface area contributed by atoms with E-state index in [0.717, 1.165) is 11.3 Å². The minimum Gasteiger partial charge on any atom is -0.387 e. The average Bonchev–Trinajstić information content (AvgIpc) is 2.48. The lowest BCUT2D eigenvalue weighted by Crippen LogP contribution is -2.27. The van der Waals surface area contributed by atoms with Gasteiger partial charge in [-0.25, -0.2) is 4.98 Å². The van der Waals surface area contributed by atoms with Crippen molar-refractivity contribution in [3.8, 4) is 0 Å². The van der Waals surface area contributed by atoms with Gasteiger partial charge >= 0.3 is 0 Å². The predicted octanol–water partition coefficient (Wildman–Crippen LogP) is 2.01. The molecule has 5 heteroatoms. The summed E-state index contributed by atoms with van der Waals surface area (Å²) in [6.45, 7) is 1.91. The Morgan fingerprint density at radius 2 is 2.11 bits per heavy atom. The third kappa shape index (κ3) is 3.28. The van der Waals surface area contributed by atoms with Crippen LogP contribution in [0.5, 0.6) is 0 Å². The van der Waals surface area contributed by atoms with Crippen molar-refractivity contribution >= 4 is 11.6 Å². The van der Waals surface area contributed by atoms with Crippen LogP contribution in [-0.4, -0.2) is 22.9 Å². The number of amides is 1. The van der Waals surface area contributed by atoms with E-state index in [-0.39, 0.29) is 11.9 Å². The van der Waals surface area contributed by atoms with Crippen LogP contribution in [0, 0.1) is 0 Å². The van der Waals surface area contributed by atoms with Gasteiger partial charge in [-0.05, 0) is 30.7 Å². The fraction of sp³-hybridized carbons (Fsp3) is 0.214. The molecular weight excluding hydrogens is 240 g/mol. The van der Waals surface area contributed by atoms with E-state index in [1.165, 1.54) is 0 Å². The van der Waals surface area contributed by atoms with Gasteiger partial charge in [0.15, 0.2) is 0 Å². The molecule has 2 N–H and O–H groups in total. The molecule has 19 heavy (non-hydrogen) atoms. The van der Waals surface area contributed by atoms with Gasteiger partial charge in [0.25, 0.3) is 5.91 Å². The number of pyridine rings is 2. The van der Waals surface area contributed by atoms with Crippen molar-refractivity contribution in [2.75, 3.05) is 12.4 Å². The second-order valence-electron chi connectivity index (χ2n) is 4.16. The first-order valence-electron chi connectivity index (χ1n) is 6.05. The van der Waals surface area contributed by atoms with E-state index in [2.05, 4.69) is 20.6 Å². The molecule has 0 spiro atoms. The Kier molecular flexibility index (Phi) is 4.07. The zero-order valence-electron chi connectivity index (χ0n) is 10.9. The Bertz CT molecular complexity index is 539. The maximum atomic E-state index is 12.0. The van der Waals surface area contributed by atoms with Gasteiger partial charge in [0, 0.05) is 19.4 Å². The SMILES string of the molecule is CNc1ccc(C(=O)NC(C)c2cccnc2)nc1. The second kappa shape index (κ2) is 5.95. The molecule has 98 valence electrons. The van der Waals surface area contributed by atoms with Crippen molar-refractivity contribution in [2.45, 2.75) is 13.0 Å². The predicted molar refractivity (Wildman–Crippen MR) is 73.9 cm³/mol. The number of hydrogen-bond acceptors (Lipinski definition) is 4. The van der Waals surface area contributed by atoms with E-state index < -0.39 is 0 Å². The van der Waals surface area contributed by atoms with Gasteiger partial charge in [-0.15, -0.1) is 0 Å². The lowest BCUT2D eigenvalue weighted by atomic mass is 10.1. The molecule has 0 saturated heterocycles. The van der Waals surface area contributed by atoms with Crippen LogP contribution in [0.25, 0.3) is 0 Å². The van der Waals surface area contributed by atoms with Crippen molar-refractivity contribution < 1.29 is 4.79 Å². The van der Waals surface area contributed by atoms with Gasteiger partial charge in [-0.1, -0.05) is 6.07 Å². The van der Waals surface area contributed by atoms with Crippen molar-refractivity contribution in [3.63, 3.8) is 0 Å². The van der Waals surface area contributed by atoms with Crippen LogP contribution < -0.4 is 10.6 Å². The normalized spacial score (nSPS) is 11.7. The van der Waals surface area contributed by atoms with E-state index in [4.69, 9.17) is 0 Å². The average molecular weight is 256 g/mol. The van der Waals surface area contributed by atoms with Crippen LogP contribution in [0.1, 0.15) is 29.0 Å². The molecule has 0 aromatic carbocycles. The van der Waals surface area contributed by atoms with E-state index in [0.29, 0.717) is 5.69 Å². The van der Waals surface area contributed by atoms with Gasteiger partial charge in [-0.2, -0.15) is 0 Å². The summed E-state index contributed by atoms with van der Waals surface area (Å²) < 4.78 is 0. The smallest absolute Gasteiger partial charge is 0.270 e. The molecule has 2 heterocycles. The van der Waals surface area contributed by atoms with Crippen molar-refractivity contribution in [1.82, 2.24) is 15.3 Å². The Morgan fingerprint density at radius 1 is 1.26 bits per heavy atom. The number of rotatable bonds is 4. The van der Waals surface area contributed by atoms with Gasteiger partial charge in [0.1, 0.15) is 5.69 Å². The van der Waals surface area contributed by atoms with Crippen LogP contribution in [0.4, 0.5) is 5.69 Å². The summed E-state index contributed by atoms with van der Waals surface area (Å²) in [5.74, 6) is -0.195. The first-order valence-corrected chi connectivity index (χ1v) is 6.05. The molecule has 0 aliphatic heterocycles. The quantitative estimate of drug-likeness (QED) is 0.878. The van der Waals surface area contributed by atoms with Crippen molar-refractivity contribution in [1.29, 1.82) is 0 Å². The van der Waals surface area contributed by atoms with Crippen LogP contribution in [-0.2, 0) is 0 Å². The fourth-order valence-electron chi connectivity index (χ4n) is 1.66. The van der Waals surface area contributed by atoms with Crippen LogP contribution in [0.15, 0.2) is 42.9 Å². The van der Waals surface area contributed by atoms with Gasteiger partial charge in [0.2, 0.25) is 0 Å². The number of carbonyl (C=O) groups is 1. The molecule has 2 aromatic rings. The molecule has 0 fully saturated rings. The number of anilines is 1. The second-order valence-corrected chi connectivity index (χ2v) is 4.16. The van der Waals surface area contributed by atoms with Crippen LogP contribution >= 0.6 is 0 Å². The molecule has 0 saturated carbocycles. The van der Waals surface area contributed by atoms with Crippen molar-refractivity contribution in [2.24, 2.45) is 0 Å². The minimum absolute atomic E-state index is 0.105. The zero-order chi connectivity index (χ0) is 13.7. The number of aromatic nitrogens is 2. The highest BCUT2D eigenvalue weighted by Gasteiger charge is 2.12. The number of nitrogens with one attached hydrogen (secondary N) is 2. The Morgan fingerprint density at radius 3 is 2.68 bits per heavy atom. The third-order valence-electron chi connectivity index (χ3n) is 2.82. The Balaban J connectivity index is 2.04. The number of nitrogens with zero attached hydrogens (tertiary/aromatic N) is 2. The maximum absolute atomic E-state index is 12.0. The number of carbonyl (C=O) groups excluding carboxylic acids is 1. The lowest BCUT2D eigenvalue weighted by Gasteiger charge is -2.13. The molecule has 0 aliphatic carbocycles. The molecule has 0 bridgehead atoms.